The number of carbonyl (C=O) groups is 1. The summed E-state index contributed by atoms with van der Waals surface area (Å²) in [6.45, 7) is 0. The highest BCUT2D eigenvalue weighted by atomic mass is 79.9. The molecule has 0 bridgehead atoms. The van der Waals surface area contributed by atoms with Crippen LogP contribution in [-0.4, -0.2) is 16.1 Å². The van der Waals surface area contributed by atoms with E-state index in [1.807, 2.05) is 17.5 Å². The van der Waals surface area contributed by atoms with Crippen LogP contribution in [-0.2, 0) is 11.2 Å². The van der Waals surface area contributed by atoms with Crippen LogP contribution < -0.4 is 4.74 Å². The summed E-state index contributed by atoms with van der Waals surface area (Å²) in [6.07, 6.45) is 1.31. The molecule has 5 nitrogen and oxygen atoms in total. The zero-order valence-corrected chi connectivity index (χ0v) is 15.5. The number of thiophene rings is 1. The molecular formula is C16H12BrClN2O3S. The van der Waals surface area contributed by atoms with Crippen molar-refractivity contribution >= 4 is 44.8 Å². The van der Waals surface area contributed by atoms with E-state index in [2.05, 4.69) is 26.1 Å². The van der Waals surface area contributed by atoms with Gasteiger partial charge in [-0.15, -0.1) is 11.3 Å². The van der Waals surface area contributed by atoms with Crippen LogP contribution in [0.5, 0.6) is 5.75 Å². The molecule has 0 amide bonds. The lowest BCUT2D eigenvalue weighted by molar-refractivity contribution is -0.134. The number of carbonyl (C=O) groups excluding carboxylic acids is 1. The summed E-state index contributed by atoms with van der Waals surface area (Å²) in [5.41, 5.74) is 0. The number of rotatable bonds is 6. The van der Waals surface area contributed by atoms with Crippen molar-refractivity contribution in [1.82, 2.24) is 10.1 Å². The molecule has 3 aromatic rings. The fraction of sp³-hybridized carbons (Fsp3) is 0.188. The number of nitrogens with zero attached hydrogens (tertiary/aromatic N) is 2. The van der Waals surface area contributed by atoms with Gasteiger partial charge in [-0.1, -0.05) is 38.8 Å². The van der Waals surface area contributed by atoms with E-state index in [4.69, 9.17) is 20.9 Å². The first-order valence-electron chi connectivity index (χ1n) is 7.14. The minimum atomic E-state index is -0.350. The molecule has 0 unspecified atom stereocenters. The van der Waals surface area contributed by atoms with Gasteiger partial charge in [0, 0.05) is 17.3 Å². The number of benzene rings is 1. The van der Waals surface area contributed by atoms with Gasteiger partial charge in [0.25, 0.3) is 0 Å². The van der Waals surface area contributed by atoms with Gasteiger partial charge in [0.1, 0.15) is 5.75 Å². The van der Waals surface area contributed by atoms with Crippen LogP contribution in [0, 0.1) is 0 Å². The molecule has 0 saturated carbocycles. The summed E-state index contributed by atoms with van der Waals surface area (Å²) >= 11 is 10.9. The van der Waals surface area contributed by atoms with Gasteiger partial charge in [0.2, 0.25) is 11.7 Å². The summed E-state index contributed by atoms with van der Waals surface area (Å²) in [5.74, 6) is 1.08. The highest BCUT2D eigenvalue weighted by Gasteiger charge is 2.12. The van der Waals surface area contributed by atoms with Crippen LogP contribution in [0.3, 0.4) is 0 Å². The van der Waals surface area contributed by atoms with Crippen LogP contribution in [0.25, 0.3) is 10.7 Å². The van der Waals surface area contributed by atoms with Gasteiger partial charge in [-0.25, -0.2) is 0 Å². The van der Waals surface area contributed by atoms with E-state index in [-0.39, 0.29) is 12.4 Å². The van der Waals surface area contributed by atoms with Crippen LogP contribution in [0.4, 0.5) is 0 Å². The minimum absolute atomic E-state index is 0.239. The van der Waals surface area contributed by atoms with E-state index in [0.717, 1.165) is 9.35 Å². The van der Waals surface area contributed by atoms with Gasteiger partial charge in [-0.3, -0.25) is 4.79 Å². The Bertz CT molecular complexity index is 836. The predicted octanol–water partition coefficient (Wildman–Crippen LogP) is 5.14. The molecule has 8 heteroatoms. The molecule has 2 heterocycles. The van der Waals surface area contributed by atoms with Crippen molar-refractivity contribution in [3.8, 4) is 16.5 Å². The molecule has 3 rings (SSSR count). The van der Waals surface area contributed by atoms with Crippen molar-refractivity contribution in [3.05, 3.63) is 51.1 Å². The highest BCUT2D eigenvalue weighted by molar-refractivity contribution is 9.10. The molecule has 24 heavy (non-hydrogen) atoms. The topological polar surface area (TPSA) is 65.2 Å². The molecule has 1 aromatic carbocycles. The molecule has 0 fully saturated rings. The second kappa shape index (κ2) is 7.92. The smallest absolute Gasteiger partial charge is 0.311 e. The van der Waals surface area contributed by atoms with Crippen molar-refractivity contribution < 1.29 is 14.1 Å². The molecule has 124 valence electrons. The Morgan fingerprint density at radius 2 is 2.25 bits per heavy atom. The third kappa shape index (κ3) is 4.43. The zero-order chi connectivity index (χ0) is 16.9. The standard InChI is InChI=1S/C16H12BrClN2O3S/c17-10-6-7-12(11(18)9-10)22-15(21)5-1-4-14-19-16(20-23-14)13-3-2-8-24-13/h2-3,6-9H,1,4-5H2. The summed E-state index contributed by atoms with van der Waals surface area (Å²) in [7, 11) is 0. The zero-order valence-electron chi connectivity index (χ0n) is 12.4. The third-order valence-electron chi connectivity index (χ3n) is 3.10. The van der Waals surface area contributed by atoms with Gasteiger partial charge in [0.05, 0.1) is 9.90 Å². The van der Waals surface area contributed by atoms with Crippen molar-refractivity contribution in [2.24, 2.45) is 0 Å². The molecular weight excluding hydrogens is 416 g/mol. The average Bonchev–Trinajstić information content (AvgIpc) is 3.21. The Morgan fingerprint density at radius 3 is 3.00 bits per heavy atom. The number of ether oxygens (including phenoxy) is 1. The van der Waals surface area contributed by atoms with Crippen molar-refractivity contribution in [1.29, 1.82) is 0 Å². The molecule has 2 aromatic heterocycles. The number of halogens is 2. The quantitative estimate of drug-likeness (QED) is 0.402. The van der Waals surface area contributed by atoms with Crippen LogP contribution in [0.15, 0.2) is 44.7 Å². The van der Waals surface area contributed by atoms with E-state index in [1.54, 1.807) is 29.5 Å². The number of aryl methyl sites for hydroxylation is 1. The summed E-state index contributed by atoms with van der Waals surface area (Å²) in [6, 6.07) is 8.95. The van der Waals surface area contributed by atoms with E-state index in [9.17, 15) is 4.79 Å². The Kier molecular flexibility index (Phi) is 5.65. The molecule has 0 N–H and O–H groups in total. The van der Waals surface area contributed by atoms with Crippen molar-refractivity contribution in [2.45, 2.75) is 19.3 Å². The Hall–Kier alpha value is -1.70. The monoisotopic (exact) mass is 426 g/mol. The first-order chi connectivity index (χ1) is 11.6. The molecule has 0 aliphatic rings. The lowest BCUT2D eigenvalue weighted by Crippen LogP contribution is -2.08. The maximum atomic E-state index is 11.9. The number of hydrogen-bond donors (Lipinski definition) is 0. The molecule has 0 atom stereocenters. The van der Waals surface area contributed by atoms with Gasteiger partial charge >= 0.3 is 5.97 Å². The highest BCUT2D eigenvalue weighted by Crippen LogP contribution is 2.28. The Labute approximate surface area is 155 Å². The number of aromatic nitrogens is 2. The fourth-order valence-electron chi connectivity index (χ4n) is 1.98. The number of hydrogen-bond acceptors (Lipinski definition) is 6. The predicted molar refractivity (Wildman–Crippen MR) is 95.3 cm³/mol. The van der Waals surface area contributed by atoms with Gasteiger partial charge in [0.15, 0.2) is 0 Å². The van der Waals surface area contributed by atoms with Gasteiger partial charge < -0.3 is 9.26 Å². The second-order valence-corrected chi connectivity index (χ2v) is 7.16. The van der Waals surface area contributed by atoms with Crippen LogP contribution >= 0.6 is 38.9 Å². The third-order valence-corrected chi connectivity index (χ3v) is 4.75. The molecule has 0 spiro atoms. The normalized spacial score (nSPS) is 10.8. The van der Waals surface area contributed by atoms with Gasteiger partial charge in [-0.2, -0.15) is 4.98 Å². The summed E-state index contributed by atoms with van der Waals surface area (Å²) in [4.78, 5) is 17.1. The molecule has 0 aliphatic heterocycles. The van der Waals surface area contributed by atoms with Crippen molar-refractivity contribution in [3.63, 3.8) is 0 Å². The largest absolute Gasteiger partial charge is 0.425 e. The van der Waals surface area contributed by atoms with Gasteiger partial charge in [-0.05, 0) is 36.1 Å². The summed E-state index contributed by atoms with van der Waals surface area (Å²) < 4.78 is 11.3. The lowest BCUT2D eigenvalue weighted by atomic mass is 10.2. The Morgan fingerprint density at radius 1 is 1.38 bits per heavy atom. The summed E-state index contributed by atoms with van der Waals surface area (Å²) in [5, 5.41) is 6.27. The second-order valence-electron chi connectivity index (χ2n) is 4.89. The maximum Gasteiger partial charge on any atom is 0.311 e. The van der Waals surface area contributed by atoms with E-state index >= 15 is 0 Å². The maximum absolute atomic E-state index is 11.9. The first kappa shape index (κ1) is 17.1. The van der Waals surface area contributed by atoms with E-state index < -0.39 is 0 Å². The Balaban J connectivity index is 1.48. The fourth-order valence-corrected chi connectivity index (χ4v) is 3.34. The lowest BCUT2D eigenvalue weighted by Gasteiger charge is -2.05. The minimum Gasteiger partial charge on any atom is -0.425 e. The van der Waals surface area contributed by atoms with Crippen LogP contribution in [0.2, 0.25) is 5.02 Å². The SMILES string of the molecule is O=C(CCCc1nc(-c2cccs2)no1)Oc1ccc(Br)cc1Cl. The van der Waals surface area contributed by atoms with Crippen LogP contribution in [0.1, 0.15) is 18.7 Å². The van der Waals surface area contributed by atoms with Crippen molar-refractivity contribution in [2.75, 3.05) is 0 Å². The molecule has 0 aliphatic carbocycles. The molecule has 0 saturated heterocycles. The number of esters is 1. The van der Waals surface area contributed by atoms with E-state index in [1.165, 1.54) is 0 Å². The first-order valence-corrected chi connectivity index (χ1v) is 9.19. The van der Waals surface area contributed by atoms with E-state index in [0.29, 0.717) is 35.3 Å². The average molecular weight is 428 g/mol. The molecule has 0 radical (unpaired) electrons.